The van der Waals surface area contributed by atoms with Crippen molar-refractivity contribution in [2.45, 2.75) is 25.3 Å². The smallest absolute Gasteiger partial charge is 0.239 e. The van der Waals surface area contributed by atoms with Crippen molar-refractivity contribution in [3.63, 3.8) is 0 Å². The third-order valence-corrected chi connectivity index (χ3v) is 3.74. The molecule has 4 heteroatoms. The highest BCUT2D eigenvalue weighted by Gasteiger charge is 2.47. The molecular formula is C14H21N3O. The van der Waals surface area contributed by atoms with Crippen LogP contribution >= 0.6 is 0 Å². The summed E-state index contributed by atoms with van der Waals surface area (Å²) in [5, 5.41) is 0. The number of amides is 1. The molecule has 4 nitrogen and oxygen atoms in total. The van der Waals surface area contributed by atoms with E-state index in [0.717, 1.165) is 18.5 Å². The Kier molecular flexibility index (Phi) is 3.30. The van der Waals surface area contributed by atoms with Gasteiger partial charge in [0.15, 0.2) is 0 Å². The van der Waals surface area contributed by atoms with Crippen LogP contribution in [0.1, 0.15) is 18.4 Å². The number of anilines is 1. The van der Waals surface area contributed by atoms with Crippen molar-refractivity contribution in [3.8, 4) is 0 Å². The maximum Gasteiger partial charge on any atom is 0.239 e. The van der Waals surface area contributed by atoms with E-state index in [9.17, 15) is 4.79 Å². The van der Waals surface area contributed by atoms with Gasteiger partial charge >= 0.3 is 0 Å². The molecule has 0 saturated heterocycles. The van der Waals surface area contributed by atoms with E-state index in [4.69, 9.17) is 11.5 Å². The summed E-state index contributed by atoms with van der Waals surface area (Å²) in [6.07, 6.45) is 2.00. The minimum Gasteiger partial charge on any atom is -0.372 e. The first-order valence-electron chi connectivity index (χ1n) is 6.30. The van der Waals surface area contributed by atoms with E-state index in [1.54, 1.807) is 0 Å². The predicted molar refractivity (Wildman–Crippen MR) is 73.3 cm³/mol. The van der Waals surface area contributed by atoms with Crippen LogP contribution in [0.3, 0.4) is 0 Å². The van der Waals surface area contributed by atoms with Crippen molar-refractivity contribution in [1.29, 1.82) is 0 Å². The lowest BCUT2D eigenvalue weighted by atomic mass is 9.93. The minimum atomic E-state index is -0.903. The van der Waals surface area contributed by atoms with E-state index in [1.807, 2.05) is 43.1 Å². The number of nitrogens with two attached hydrogens (primary N) is 2. The van der Waals surface area contributed by atoms with E-state index in [2.05, 4.69) is 0 Å². The van der Waals surface area contributed by atoms with Gasteiger partial charge in [-0.1, -0.05) is 17.7 Å². The van der Waals surface area contributed by atoms with Crippen LogP contribution in [-0.2, 0) is 4.79 Å². The fourth-order valence-electron chi connectivity index (χ4n) is 2.29. The van der Waals surface area contributed by atoms with E-state index in [1.165, 1.54) is 5.56 Å². The lowest BCUT2D eigenvalue weighted by Crippen LogP contribution is -2.60. The number of hydrogen-bond donors (Lipinski definition) is 2. The summed E-state index contributed by atoms with van der Waals surface area (Å²) in [4.78, 5) is 13.6. The summed E-state index contributed by atoms with van der Waals surface area (Å²) in [7, 11) is 1.94. The number of primary amides is 1. The van der Waals surface area contributed by atoms with Gasteiger partial charge in [0.1, 0.15) is 5.54 Å². The van der Waals surface area contributed by atoms with Crippen molar-refractivity contribution in [1.82, 2.24) is 0 Å². The number of rotatable bonds is 5. The number of benzene rings is 1. The topological polar surface area (TPSA) is 72.3 Å². The molecule has 4 N–H and O–H groups in total. The number of aryl methyl sites for hydroxylation is 1. The van der Waals surface area contributed by atoms with Gasteiger partial charge in [-0.2, -0.15) is 0 Å². The second-order valence-electron chi connectivity index (χ2n) is 5.37. The third kappa shape index (κ3) is 2.48. The van der Waals surface area contributed by atoms with Crippen LogP contribution in [-0.4, -0.2) is 25.0 Å². The van der Waals surface area contributed by atoms with Gasteiger partial charge in [-0.05, 0) is 37.8 Å². The van der Waals surface area contributed by atoms with Gasteiger partial charge in [0.25, 0.3) is 0 Å². The average molecular weight is 247 g/mol. The van der Waals surface area contributed by atoms with E-state index >= 15 is 0 Å². The van der Waals surface area contributed by atoms with Crippen LogP contribution in [0.15, 0.2) is 24.3 Å². The van der Waals surface area contributed by atoms with Crippen LogP contribution in [0, 0.1) is 12.8 Å². The molecule has 1 fully saturated rings. The predicted octanol–water partition coefficient (Wildman–Crippen LogP) is 1.02. The molecule has 0 bridgehead atoms. The van der Waals surface area contributed by atoms with Crippen LogP contribution in [0.4, 0.5) is 5.69 Å². The van der Waals surface area contributed by atoms with E-state index in [0.29, 0.717) is 6.54 Å². The van der Waals surface area contributed by atoms with Crippen LogP contribution in [0.5, 0.6) is 0 Å². The second-order valence-corrected chi connectivity index (χ2v) is 5.37. The van der Waals surface area contributed by atoms with Gasteiger partial charge in [0.05, 0.1) is 0 Å². The molecule has 1 aliphatic carbocycles. The van der Waals surface area contributed by atoms with Crippen molar-refractivity contribution in [3.05, 3.63) is 29.8 Å². The van der Waals surface area contributed by atoms with Crippen molar-refractivity contribution in [2.75, 3.05) is 18.5 Å². The zero-order chi connectivity index (χ0) is 13.3. The number of hydrogen-bond acceptors (Lipinski definition) is 3. The Balaban J connectivity index is 2.12. The fraction of sp³-hybridized carbons (Fsp3) is 0.500. The molecule has 1 unspecified atom stereocenters. The standard InChI is InChI=1S/C14H21N3O/c1-10-3-7-12(8-4-10)17(2)9-14(16,13(15)18)11-5-6-11/h3-4,7-8,11H,5-6,9,16H2,1-2H3,(H2,15,18). The maximum atomic E-state index is 11.6. The van der Waals surface area contributed by atoms with E-state index < -0.39 is 11.4 Å². The highest BCUT2D eigenvalue weighted by Crippen LogP contribution is 2.38. The van der Waals surface area contributed by atoms with E-state index in [-0.39, 0.29) is 5.92 Å². The first kappa shape index (κ1) is 12.9. The normalized spacial score (nSPS) is 18.2. The highest BCUT2D eigenvalue weighted by atomic mass is 16.1. The quantitative estimate of drug-likeness (QED) is 0.816. The Morgan fingerprint density at radius 3 is 2.39 bits per heavy atom. The van der Waals surface area contributed by atoms with Gasteiger partial charge in [0.2, 0.25) is 5.91 Å². The number of nitrogens with zero attached hydrogens (tertiary/aromatic N) is 1. The Labute approximate surface area is 108 Å². The lowest BCUT2D eigenvalue weighted by Gasteiger charge is -2.32. The van der Waals surface area contributed by atoms with Gasteiger partial charge in [-0.15, -0.1) is 0 Å². The largest absolute Gasteiger partial charge is 0.372 e. The Morgan fingerprint density at radius 1 is 1.39 bits per heavy atom. The molecule has 2 rings (SSSR count). The molecule has 0 heterocycles. The molecule has 98 valence electrons. The van der Waals surface area contributed by atoms with Crippen LogP contribution in [0.25, 0.3) is 0 Å². The monoisotopic (exact) mass is 247 g/mol. The summed E-state index contributed by atoms with van der Waals surface area (Å²) >= 11 is 0. The van der Waals surface area contributed by atoms with Gasteiger partial charge in [-0.3, -0.25) is 4.79 Å². The Bertz CT molecular complexity index is 439. The molecule has 0 aromatic heterocycles. The van der Waals surface area contributed by atoms with Crippen LogP contribution < -0.4 is 16.4 Å². The second kappa shape index (κ2) is 4.61. The van der Waals surface area contributed by atoms with Gasteiger partial charge in [-0.25, -0.2) is 0 Å². The first-order chi connectivity index (χ1) is 8.43. The fourth-order valence-corrected chi connectivity index (χ4v) is 2.29. The summed E-state index contributed by atoms with van der Waals surface area (Å²) < 4.78 is 0. The van der Waals surface area contributed by atoms with Gasteiger partial charge < -0.3 is 16.4 Å². The third-order valence-electron chi connectivity index (χ3n) is 3.74. The zero-order valence-corrected chi connectivity index (χ0v) is 11.0. The molecule has 1 atom stereocenters. The average Bonchev–Trinajstić information content (AvgIpc) is 3.13. The van der Waals surface area contributed by atoms with Gasteiger partial charge in [0, 0.05) is 19.3 Å². The minimum absolute atomic E-state index is 0.239. The highest BCUT2D eigenvalue weighted by molar-refractivity contribution is 5.86. The van der Waals surface area contributed by atoms with Crippen molar-refractivity contribution >= 4 is 11.6 Å². The molecular weight excluding hydrogens is 226 g/mol. The number of carbonyl (C=O) groups excluding carboxylic acids is 1. The maximum absolute atomic E-state index is 11.6. The molecule has 1 amide bonds. The number of carbonyl (C=O) groups is 1. The summed E-state index contributed by atoms with van der Waals surface area (Å²) in [5.41, 5.74) is 13.0. The van der Waals surface area contributed by atoms with Crippen LogP contribution in [0.2, 0.25) is 0 Å². The summed E-state index contributed by atoms with van der Waals surface area (Å²) in [6.45, 7) is 2.51. The SMILES string of the molecule is Cc1ccc(N(C)CC(N)(C(N)=O)C2CC2)cc1. The Morgan fingerprint density at radius 2 is 1.94 bits per heavy atom. The molecule has 1 aliphatic rings. The molecule has 1 aromatic rings. The zero-order valence-electron chi connectivity index (χ0n) is 11.0. The molecule has 0 aliphatic heterocycles. The molecule has 0 spiro atoms. The number of likely N-dealkylation sites (N-methyl/N-ethyl adjacent to an activating group) is 1. The van der Waals surface area contributed by atoms with Crippen molar-refractivity contribution < 1.29 is 4.79 Å². The van der Waals surface area contributed by atoms with Crippen molar-refractivity contribution in [2.24, 2.45) is 17.4 Å². The summed E-state index contributed by atoms with van der Waals surface area (Å²) in [6, 6.07) is 8.16. The first-order valence-corrected chi connectivity index (χ1v) is 6.30. The summed E-state index contributed by atoms with van der Waals surface area (Å²) in [5.74, 6) is -0.160. The molecule has 1 aromatic carbocycles. The lowest BCUT2D eigenvalue weighted by molar-refractivity contribution is -0.123. The molecule has 0 radical (unpaired) electrons. The molecule has 1 saturated carbocycles. The Hall–Kier alpha value is -1.55. The molecule has 18 heavy (non-hydrogen) atoms.